The van der Waals surface area contributed by atoms with Crippen molar-refractivity contribution < 1.29 is 9.53 Å². The van der Waals surface area contributed by atoms with Gasteiger partial charge in [-0.15, -0.1) is 0 Å². The number of carbonyl (C=O) groups is 1. The summed E-state index contributed by atoms with van der Waals surface area (Å²) in [5.74, 6) is 1.63. The first-order valence-corrected chi connectivity index (χ1v) is 5.15. The maximum atomic E-state index is 11.1. The Balaban J connectivity index is 1.90. The highest BCUT2D eigenvalue weighted by molar-refractivity contribution is 5.82. The molecule has 2 nitrogen and oxygen atoms in total. The van der Waals surface area contributed by atoms with Crippen molar-refractivity contribution in [3.8, 4) is 0 Å². The lowest BCUT2D eigenvalue weighted by Crippen LogP contribution is -2.18. The molecule has 1 unspecified atom stereocenters. The Bertz CT molecular complexity index is 228. The molecule has 2 heteroatoms. The molecular formula is C11H16O2. The van der Waals surface area contributed by atoms with Gasteiger partial charge in [0.2, 0.25) is 0 Å². The fourth-order valence-electron chi connectivity index (χ4n) is 2.40. The first-order valence-electron chi connectivity index (χ1n) is 5.15. The fourth-order valence-corrected chi connectivity index (χ4v) is 2.40. The molecule has 0 spiro atoms. The predicted octanol–water partition coefficient (Wildman–Crippen LogP) is 2.30. The van der Waals surface area contributed by atoms with Crippen LogP contribution >= 0.6 is 0 Å². The number of hydrogen-bond donors (Lipinski definition) is 0. The second-order valence-electron chi connectivity index (χ2n) is 4.06. The summed E-state index contributed by atoms with van der Waals surface area (Å²) in [5, 5.41) is 0. The van der Waals surface area contributed by atoms with E-state index in [0.29, 0.717) is 6.61 Å². The average molecular weight is 180 g/mol. The van der Waals surface area contributed by atoms with Crippen molar-refractivity contribution >= 4 is 5.97 Å². The summed E-state index contributed by atoms with van der Waals surface area (Å²) in [6, 6.07) is 0. The molecule has 2 saturated carbocycles. The number of hydrogen-bond acceptors (Lipinski definition) is 2. The van der Waals surface area contributed by atoms with Gasteiger partial charge in [-0.3, -0.25) is 0 Å². The van der Waals surface area contributed by atoms with Gasteiger partial charge in [0.25, 0.3) is 0 Å². The molecule has 72 valence electrons. The zero-order valence-electron chi connectivity index (χ0n) is 8.08. The quantitative estimate of drug-likeness (QED) is 0.481. The molecule has 0 heterocycles. The van der Waals surface area contributed by atoms with Gasteiger partial charge in [-0.25, -0.2) is 4.79 Å². The smallest absolute Gasteiger partial charge is 0.330 e. The van der Waals surface area contributed by atoms with E-state index in [-0.39, 0.29) is 5.97 Å². The van der Waals surface area contributed by atoms with Gasteiger partial charge in [0, 0.05) is 6.08 Å². The topological polar surface area (TPSA) is 26.3 Å². The second-order valence-corrected chi connectivity index (χ2v) is 4.06. The van der Waals surface area contributed by atoms with Crippen LogP contribution < -0.4 is 0 Å². The molecule has 0 radical (unpaired) electrons. The van der Waals surface area contributed by atoms with Crippen LogP contribution in [0.1, 0.15) is 32.6 Å². The van der Waals surface area contributed by atoms with Gasteiger partial charge < -0.3 is 4.74 Å². The molecular weight excluding hydrogens is 164 g/mol. The molecule has 0 aromatic carbocycles. The average Bonchev–Trinajstić information content (AvgIpc) is 2.31. The third kappa shape index (κ3) is 1.77. The zero-order valence-corrected chi connectivity index (χ0v) is 8.08. The van der Waals surface area contributed by atoms with E-state index in [9.17, 15) is 4.79 Å². The van der Waals surface area contributed by atoms with Crippen LogP contribution in [0.4, 0.5) is 0 Å². The standard InChI is InChI=1S/C11H16O2/c1-2-13-11(12)7-8-5-9-3-4-10(9)6-8/h7,9-10H,2-6H2,1H3/t9-,10?/m0/s1. The van der Waals surface area contributed by atoms with Crippen LogP contribution in [0.2, 0.25) is 0 Å². The largest absolute Gasteiger partial charge is 0.463 e. The third-order valence-electron chi connectivity index (χ3n) is 3.23. The van der Waals surface area contributed by atoms with E-state index in [1.807, 2.05) is 6.92 Å². The molecule has 13 heavy (non-hydrogen) atoms. The van der Waals surface area contributed by atoms with E-state index in [1.54, 1.807) is 6.08 Å². The summed E-state index contributed by atoms with van der Waals surface area (Å²) in [7, 11) is 0. The van der Waals surface area contributed by atoms with Crippen molar-refractivity contribution in [3.05, 3.63) is 11.6 Å². The van der Waals surface area contributed by atoms with E-state index >= 15 is 0 Å². The predicted molar refractivity (Wildman–Crippen MR) is 50.2 cm³/mol. The van der Waals surface area contributed by atoms with Gasteiger partial charge in [0.1, 0.15) is 0 Å². The summed E-state index contributed by atoms with van der Waals surface area (Å²) in [5.41, 5.74) is 1.31. The van der Waals surface area contributed by atoms with Crippen molar-refractivity contribution in [1.82, 2.24) is 0 Å². The van der Waals surface area contributed by atoms with E-state index in [2.05, 4.69) is 0 Å². The Morgan fingerprint density at radius 2 is 2.08 bits per heavy atom. The molecule has 0 amide bonds. The van der Waals surface area contributed by atoms with Crippen molar-refractivity contribution in [2.45, 2.75) is 32.6 Å². The van der Waals surface area contributed by atoms with Crippen LogP contribution in [-0.4, -0.2) is 12.6 Å². The number of fused-ring (bicyclic) bond motifs is 1. The summed E-state index contributed by atoms with van der Waals surface area (Å²) in [4.78, 5) is 11.1. The van der Waals surface area contributed by atoms with Gasteiger partial charge >= 0.3 is 5.97 Å². The minimum absolute atomic E-state index is 0.154. The van der Waals surface area contributed by atoms with Crippen LogP contribution in [0.5, 0.6) is 0 Å². The van der Waals surface area contributed by atoms with E-state index < -0.39 is 0 Å². The van der Waals surface area contributed by atoms with Crippen LogP contribution in [0.3, 0.4) is 0 Å². The van der Waals surface area contributed by atoms with Gasteiger partial charge in [-0.1, -0.05) is 5.57 Å². The van der Waals surface area contributed by atoms with Crippen molar-refractivity contribution in [2.24, 2.45) is 11.8 Å². The molecule has 2 rings (SSSR count). The number of rotatable bonds is 2. The molecule has 2 aliphatic carbocycles. The highest BCUT2D eigenvalue weighted by Gasteiger charge is 2.37. The number of esters is 1. The lowest BCUT2D eigenvalue weighted by molar-refractivity contribution is -0.137. The first kappa shape index (κ1) is 8.79. The highest BCUT2D eigenvalue weighted by Crippen LogP contribution is 2.49. The summed E-state index contributed by atoms with van der Waals surface area (Å²) < 4.78 is 4.88. The number of carbonyl (C=O) groups excluding carboxylic acids is 1. The van der Waals surface area contributed by atoms with Crippen molar-refractivity contribution in [2.75, 3.05) is 6.61 Å². The monoisotopic (exact) mass is 180 g/mol. The van der Waals surface area contributed by atoms with Gasteiger partial charge in [-0.05, 0) is 44.4 Å². The van der Waals surface area contributed by atoms with Crippen LogP contribution in [0.25, 0.3) is 0 Å². The van der Waals surface area contributed by atoms with E-state index in [0.717, 1.165) is 24.7 Å². The molecule has 2 aliphatic rings. The minimum atomic E-state index is -0.154. The Morgan fingerprint density at radius 1 is 1.46 bits per heavy atom. The molecule has 0 N–H and O–H groups in total. The molecule has 0 aliphatic heterocycles. The molecule has 0 bridgehead atoms. The van der Waals surface area contributed by atoms with Gasteiger partial charge in [-0.2, -0.15) is 0 Å². The summed E-state index contributed by atoms with van der Waals surface area (Å²) in [6.45, 7) is 2.32. The van der Waals surface area contributed by atoms with Crippen LogP contribution in [-0.2, 0) is 9.53 Å². The normalized spacial score (nSPS) is 34.1. The summed E-state index contributed by atoms with van der Waals surface area (Å²) >= 11 is 0. The third-order valence-corrected chi connectivity index (χ3v) is 3.23. The van der Waals surface area contributed by atoms with Crippen LogP contribution in [0.15, 0.2) is 11.6 Å². The molecule has 0 saturated heterocycles. The Kier molecular flexibility index (Phi) is 2.38. The zero-order chi connectivity index (χ0) is 9.26. The van der Waals surface area contributed by atoms with Crippen molar-refractivity contribution in [3.63, 3.8) is 0 Å². The molecule has 0 aromatic heterocycles. The molecule has 2 atom stereocenters. The number of ether oxygens (including phenoxy) is 1. The highest BCUT2D eigenvalue weighted by atomic mass is 16.5. The first-order chi connectivity index (χ1) is 6.29. The number of allylic oxidation sites excluding steroid dienone is 1. The Labute approximate surface area is 79.0 Å². The van der Waals surface area contributed by atoms with Crippen molar-refractivity contribution in [1.29, 1.82) is 0 Å². The van der Waals surface area contributed by atoms with E-state index in [1.165, 1.54) is 18.4 Å². The maximum Gasteiger partial charge on any atom is 0.330 e. The molecule has 0 aromatic rings. The summed E-state index contributed by atoms with van der Waals surface area (Å²) in [6.07, 6.45) is 6.73. The Hall–Kier alpha value is -0.790. The maximum absolute atomic E-state index is 11.1. The van der Waals surface area contributed by atoms with E-state index in [4.69, 9.17) is 4.74 Å². The fraction of sp³-hybridized carbons (Fsp3) is 0.727. The van der Waals surface area contributed by atoms with Crippen LogP contribution in [0, 0.1) is 11.8 Å². The molecule has 2 fully saturated rings. The minimum Gasteiger partial charge on any atom is -0.463 e. The van der Waals surface area contributed by atoms with Gasteiger partial charge in [0.05, 0.1) is 6.61 Å². The SMILES string of the molecule is CCOC(=O)C=C1CC2CC[C@H]2C1. The lowest BCUT2D eigenvalue weighted by Gasteiger charge is -2.28. The Morgan fingerprint density at radius 3 is 2.54 bits per heavy atom. The lowest BCUT2D eigenvalue weighted by atomic mass is 9.77. The van der Waals surface area contributed by atoms with Gasteiger partial charge in [0.15, 0.2) is 0 Å². The second kappa shape index (κ2) is 3.52.